The summed E-state index contributed by atoms with van der Waals surface area (Å²) < 4.78 is 32.1. The molecule has 1 aromatic carbocycles. The number of fused-ring (bicyclic) bond motifs is 1. The Bertz CT molecular complexity index is 1410. The van der Waals surface area contributed by atoms with Gasteiger partial charge >= 0.3 is 5.69 Å². The molecule has 34 heavy (non-hydrogen) atoms. The number of aromatic nitrogens is 4. The molecule has 0 unspecified atom stereocenters. The molecule has 0 spiro atoms. The Morgan fingerprint density at radius 2 is 1.71 bits per heavy atom. The maximum absolute atomic E-state index is 13.0. The summed E-state index contributed by atoms with van der Waals surface area (Å²) in [5.41, 5.74) is 0.864. The van der Waals surface area contributed by atoms with Crippen LogP contribution in [0.2, 0.25) is 0 Å². The average Bonchev–Trinajstić information content (AvgIpc) is 3.23. The van der Waals surface area contributed by atoms with Crippen molar-refractivity contribution in [2.45, 2.75) is 38.8 Å². The van der Waals surface area contributed by atoms with E-state index in [1.165, 1.54) is 7.05 Å². The predicted molar refractivity (Wildman–Crippen MR) is 130 cm³/mol. The zero-order valence-electron chi connectivity index (χ0n) is 20.1. The Kier molecular flexibility index (Phi) is 6.79. The lowest BCUT2D eigenvalue weighted by Gasteiger charge is -2.34. The van der Waals surface area contributed by atoms with Crippen LogP contribution in [0, 0.1) is 12.8 Å². The zero-order valence-corrected chi connectivity index (χ0v) is 21.0. The van der Waals surface area contributed by atoms with Crippen LogP contribution in [0.1, 0.15) is 19.4 Å². The van der Waals surface area contributed by atoms with Crippen molar-refractivity contribution in [2.75, 3.05) is 32.7 Å². The number of hydrogen-bond acceptors (Lipinski definition) is 6. The second-order valence-electron chi connectivity index (χ2n) is 9.27. The molecule has 10 nitrogen and oxygen atoms in total. The largest absolute Gasteiger partial charge is 0.332 e. The van der Waals surface area contributed by atoms with Gasteiger partial charge in [-0.15, -0.1) is 0 Å². The topological polar surface area (TPSA) is 102 Å². The van der Waals surface area contributed by atoms with E-state index >= 15 is 0 Å². The van der Waals surface area contributed by atoms with Crippen LogP contribution in [0.5, 0.6) is 0 Å². The zero-order chi connectivity index (χ0) is 24.6. The van der Waals surface area contributed by atoms with Gasteiger partial charge in [-0.1, -0.05) is 32.0 Å². The van der Waals surface area contributed by atoms with Gasteiger partial charge in [0.2, 0.25) is 10.0 Å². The summed E-state index contributed by atoms with van der Waals surface area (Å²) in [4.78, 5) is 32.4. The summed E-state index contributed by atoms with van der Waals surface area (Å²) >= 11 is 0. The number of benzene rings is 1. The number of rotatable bonds is 7. The standard InChI is InChI=1S/C23H32N6O4S/c1-17(2)15-29-21-20(22(30)25(4)23(29)31)27(16-24-21)12-9-26-10-13-28(14-11-26)34(32,33)19-8-6-5-7-18(19)3/h5-8,16-17H,9-15H2,1-4H3. The molecule has 3 aromatic rings. The quantitative estimate of drug-likeness (QED) is 0.489. The summed E-state index contributed by atoms with van der Waals surface area (Å²) in [5.74, 6) is 0.232. The van der Waals surface area contributed by atoms with Gasteiger partial charge in [-0.3, -0.25) is 18.8 Å². The van der Waals surface area contributed by atoms with E-state index in [2.05, 4.69) is 9.88 Å². The van der Waals surface area contributed by atoms with E-state index in [1.807, 2.05) is 32.9 Å². The summed E-state index contributed by atoms with van der Waals surface area (Å²) in [6.07, 6.45) is 1.61. The van der Waals surface area contributed by atoms with Crippen molar-refractivity contribution in [1.29, 1.82) is 0 Å². The molecule has 184 valence electrons. The van der Waals surface area contributed by atoms with Crippen molar-refractivity contribution in [2.24, 2.45) is 13.0 Å². The van der Waals surface area contributed by atoms with Crippen LogP contribution in [0.15, 0.2) is 45.1 Å². The molecule has 0 saturated carbocycles. The van der Waals surface area contributed by atoms with Crippen molar-refractivity contribution in [3.8, 4) is 0 Å². The van der Waals surface area contributed by atoms with E-state index in [4.69, 9.17) is 0 Å². The van der Waals surface area contributed by atoms with Gasteiger partial charge in [0.05, 0.1) is 11.2 Å². The van der Waals surface area contributed by atoms with Gasteiger partial charge in [0, 0.05) is 52.9 Å². The Labute approximate surface area is 199 Å². The van der Waals surface area contributed by atoms with Crippen molar-refractivity contribution < 1.29 is 8.42 Å². The minimum atomic E-state index is -3.52. The normalized spacial score (nSPS) is 16.0. The minimum absolute atomic E-state index is 0.232. The molecule has 0 bridgehead atoms. The first kappa shape index (κ1) is 24.4. The fourth-order valence-electron chi connectivity index (χ4n) is 4.43. The Morgan fingerprint density at radius 3 is 2.35 bits per heavy atom. The number of aryl methyl sites for hydroxylation is 1. The van der Waals surface area contributed by atoms with Crippen LogP contribution >= 0.6 is 0 Å². The van der Waals surface area contributed by atoms with Gasteiger partial charge in [0.15, 0.2) is 11.2 Å². The molecule has 11 heteroatoms. The number of nitrogens with zero attached hydrogens (tertiary/aromatic N) is 6. The molecule has 2 aromatic heterocycles. The lowest BCUT2D eigenvalue weighted by atomic mass is 10.2. The number of sulfonamides is 1. The second-order valence-corrected chi connectivity index (χ2v) is 11.2. The molecule has 1 saturated heterocycles. The first-order valence-corrected chi connectivity index (χ1v) is 13.0. The van der Waals surface area contributed by atoms with E-state index in [-0.39, 0.29) is 17.2 Å². The molecular weight excluding hydrogens is 456 g/mol. The van der Waals surface area contributed by atoms with Crippen LogP contribution in [-0.2, 0) is 30.2 Å². The maximum Gasteiger partial charge on any atom is 0.332 e. The molecule has 0 N–H and O–H groups in total. The molecule has 4 rings (SSSR count). The summed E-state index contributed by atoms with van der Waals surface area (Å²) in [5, 5.41) is 0. The SMILES string of the molecule is Cc1ccccc1S(=O)(=O)N1CCN(CCn2cnc3c2c(=O)n(C)c(=O)n3CC(C)C)CC1. The Hall–Kier alpha value is -2.76. The molecule has 3 heterocycles. The number of piperazine rings is 1. The lowest BCUT2D eigenvalue weighted by Crippen LogP contribution is -2.49. The number of hydrogen-bond donors (Lipinski definition) is 0. The molecule has 0 atom stereocenters. The molecule has 1 aliphatic rings. The third-order valence-electron chi connectivity index (χ3n) is 6.35. The lowest BCUT2D eigenvalue weighted by molar-refractivity contribution is 0.183. The first-order valence-electron chi connectivity index (χ1n) is 11.5. The molecule has 1 aliphatic heterocycles. The average molecular weight is 489 g/mol. The fourth-order valence-corrected chi connectivity index (χ4v) is 6.08. The van der Waals surface area contributed by atoms with Crippen molar-refractivity contribution in [3.63, 3.8) is 0 Å². The number of imidazole rings is 1. The second kappa shape index (κ2) is 9.47. The fraction of sp³-hybridized carbons (Fsp3) is 0.522. The van der Waals surface area contributed by atoms with E-state index in [0.29, 0.717) is 61.9 Å². The van der Waals surface area contributed by atoms with E-state index in [1.54, 1.807) is 31.9 Å². The smallest absolute Gasteiger partial charge is 0.323 e. The first-order chi connectivity index (χ1) is 16.1. The molecule has 0 aliphatic carbocycles. The molecule has 1 fully saturated rings. The van der Waals surface area contributed by atoms with Gasteiger partial charge in [0.25, 0.3) is 5.56 Å². The van der Waals surface area contributed by atoms with Gasteiger partial charge in [0.1, 0.15) is 0 Å². The van der Waals surface area contributed by atoms with E-state index in [9.17, 15) is 18.0 Å². The summed E-state index contributed by atoms with van der Waals surface area (Å²) in [6.45, 7) is 9.53. The van der Waals surface area contributed by atoms with E-state index in [0.717, 1.165) is 10.1 Å². The predicted octanol–water partition coefficient (Wildman–Crippen LogP) is 0.868. The highest BCUT2D eigenvalue weighted by molar-refractivity contribution is 7.89. The van der Waals surface area contributed by atoms with Crippen molar-refractivity contribution in [1.82, 2.24) is 27.9 Å². The third kappa shape index (κ3) is 4.47. The molecular formula is C23H32N6O4S. The minimum Gasteiger partial charge on any atom is -0.323 e. The maximum atomic E-state index is 13.0. The monoisotopic (exact) mass is 488 g/mol. The molecule has 0 amide bonds. The van der Waals surface area contributed by atoms with Gasteiger partial charge in [-0.2, -0.15) is 4.31 Å². The van der Waals surface area contributed by atoms with Crippen molar-refractivity contribution in [3.05, 3.63) is 57.0 Å². The summed E-state index contributed by atoms with van der Waals surface area (Å²) in [6, 6.07) is 7.04. The third-order valence-corrected chi connectivity index (χ3v) is 8.41. The highest BCUT2D eigenvalue weighted by Crippen LogP contribution is 2.21. The Morgan fingerprint density at radius 1 is 1.03 bits per heavy atom. The van der Waals surface area contributed by atoms with E-state index < -0.39 is 10.0 Å². The van der Waals surface area contributed by atoms with Gasteiger partial charge in [-0.25, -0.2) is 18.2 Å². The van der Waals surface area contributed by atoms with Crippen LogP contribution in [-0.4, -0.2) is 69.0 Å². The highest BCUT2D eigenvalue weighted by atomic mass is 32.2. The Balaban J connectivity index is 1.47. The van der Waals surface area contributed by atoms with Crippen LogP contribution < -0.4 is 11.2 Å². The van der Waals surface area contributed by atoms with Gasteiger partial charge in [-0.05, 0) is 24.5 Å². The van der Waals surface area contributed by atoms with Crippen molar-refractivity contribution >= 4 is 21.2 Å². The molecule has 0 radical (unpaired) electrons. The van der Waals surface area contributed by atoms with Gasteiger partial charge < -0.3 is 4.57 Å². The summed E-state index contributed by atoms with van der Waals surface area (Å²) in [7, 11) is -2.02. The van der Waals surface area contributed by atoms with Crippen LogP contribution in [0.25, 0.3) is 11.2 Å². The van der Waals surface area contributed by atoms with Crippen LogP contribution in [0.4, 0.5) is 0 Å². The highest BCUT2D eigenvalue weighted by Gasteiger charge is 2.29. The van der Waals surface area contributed by atoms with Crippen LogP contribution in [0.3, 0.4) is 0 Å².